The number of anilines is 2. The maximum atomic E-state index is 5.24. The number of benzene rings is 3. The van der Waals surface area contributed by atoms with Gasteiger partial charge in [0.25, 0.3) is 0 Å². The van der Waals surface area contributed by atoms with Crippen molar-refractivity contribution >= 4 is 23.5 Å². The minimum Gasteiger partial charge on any atom is -0.497 e. The molecule has 0 radical (unpaired) electrons. The van der Waals surface area contributed by atoms with Crippen LogP contribution >= 0.6 is 0 Å². The van der Waals surface area contributed by atoms with E-state index in [0.717, 1.165) is 22.7 Å². The van der Waals surface area contributed by atoms with Crippen LogP contribution in [0.2, 0.25) is 0 Å². The molecule has 0 aliphatic carbocycles. The first kappa shape index (κ1) is 16.6. The Morgan fingerprint density at radius 2 is 1.48 bits per heavy atom. The molecule has 0 aliphatic rings. The third-order valence-corrected chi connectivity index (χ3v) is 3.98. The second kappa shape index (κ2) is 8.02. The molecule has 0 fully saturated rings. The quantitative estimate of drug-likeness (QED) is 0.504. The number of para-hydroxylation sites is 1. The van der Waals surface area contributed by atoms with Crippen molar-refractivity contribution in [3.63, 3.8) is 0 Å². The fourth-order valence-corrected chi connectivity index (χ4v) is 2.68. The first-order chi connectivity index (χ1) is 12.3. The second-order valence-electron chi connectivity index (χ2n) is 5.55. The summed E-state index contributed by atoms with van der Waals surface area (Å²) in [5.41, 5.74) is 4.42. The van der Waals surface area contributed by atoms with Crippen LogP contribution in [-0.4, -0.2) is 7.11 Å². The van der Waals surface area contributed by atoms with Gasteiger partial charge in [-0.3, -0.25) is 0 Å². The van der Waals surface area contributed by atoms with Crippen LogP contribution in [0.3, 0.4) is 0 Å². The van der Waals surface area contributed by atoms with E-state index in [9.17, 15) is 0 Å². The van der Waals surface area contributed by atoms with Gasteiger partial charge in [0.2, 0.25) is 0 Å². The molecule has 0 heterocycles. The summed E-state index contributed by atoms with van der Waals surface area (Å²) in [6.07, 6.45) is 6.08. The highest BCUT2D eigenvalue weighted by Crippen LogP contribution is 2.31. The third-order valence-electron chi connectivity index (χ3n) is 3.98. The Hall–Kier alpha value is -3.26. The lowest BCUT2D eigenvalue weighted by Crippen LogP contribution is -2.09. The van der Waals surface area contributed by atoms with Crippen molar-refractivity contribution in [2.45, 2.75) is 0 Å². The molecule has 0 spiro atoms. The van der Waals surface area contributed by atoms with E-state index in [1.807, 2.05) is 60.8 Å². The molecule has 25 heavy (non-hydrogen) atoms. The highest BCUT2D eigenvalue weighted by atomic mass is 16.5. The Morgan fingerprint density at radius 3 is 2.16 bits per heavy atom. The van der Waals surface area contributed by atoms with E-state index in [-0.39, 0.29) is 0 Å². The SMILES string of the molecule is C=CN(c1ccc(OC)cc1)c1ccccc1C=Cc1ccccc1. The van der Waals surface area contributed by atoms with Crippen LogP contribution in [0.25, 0.3) is 12.2 Å². The van der Waals surface area contributed by atoms with Gasteiger partial charge < -0.3 is 9.64 Å². The zero-order valence-corrected chi connectivity index (χ0v) is 14.3. The predicted octanol–water partition coefficient (Wildman–Crippen LogP) is 6.15. The molecular weight excluding hydrogens is 306 g/mol. The lowest BCUT2D eigenvalue weighted by molar-refractivity contribution is 0.415. The summed E-state index contributed by atoms with van der Waals surface area (Å²) in [5, 5.41) is 0. The summed E-state index contributed by atoms with van der Waals surface area (Å²) in [6, 6.07) is 26.5. The molecule has 124 valence electrons. The Bertz CT molecular complexity index is 851. The van der Waals surface area contributed by atoms with E-state index in [0.29, 0.717) is 0 Å². The van der Waals surface area contributed by atoms with Crippen molar-refractivity contribution in [3.8, 4) is 5.75 Å². The zero-order chi connectivity index (χ0) is 17.5. The van der Waals surface area contributed by atoms with Gasteiger partial charge in [0, 0.05) is 11.9 Å². The lowest BCUT2D eigenvalue weighted by Gasteiger charge is -2.22. The van der Waals surface area contributed by atoms with Crippen LogP contribution in [-0.2, 0) is 0 Å². The van der Waals surface area contributed by atoms with E-state index >= 15 is 0 Å². The Kier molecular flexibility index (Phi) is 5.32. The van der Waals surface area contributed by atoms with Crippen molar-refractivity contribution in [1.82, 2.24) is 0 Å². The van der Waals surface area contributed by atoms with E-state index in [4.69, 9.17) is 4.74 Å². The minimum atomic E-state index is 0.838. The van der Waals surface area contributed by atoms with Crippen LogP contribution in [0.5, 0.6) is 5.75 Å². The molecule has 3 aromatic rings. The summed E-state index contributed by atoms with van der Waals surface area (Å²) in [4.78, 5) is 2.07. The first-order valence-corrected chi connectivity index (χ1v) is 8.20. The molecule has 0 N–H and O–H groups in total. The molecule has 0 unspecified atom stereocenters. The molecule has 0 aromatic heterocycles. The Morgan fingerprint density at radius 1 is 0.800 bits per heavy atom. The maximum Gasteiger partial charge on any atom is 0.119 e. The van der Waals surface area contributed by atoms with Gasteiger partial charge in [0.1, 0.15) is 5.75 Å². The highest BCUT2D eigenvalue weighted by Gasteiger charge is 2.09. The highest BCUT2D eigenvalue weighted by molar-refractivity contribution is 5.81. The molecule has 0 saturated heterocycles. The van der Waals surface area contributed by atoms with Crippen molar-refractivity contribution in [2.24, 2.45) is 0 Å². The molecule has 2 nitrogen and oxygen atoms in total. The fourth-order valence-electron chi connectivity index (χ4n) is 2.68. The van der Waals surface area contributed by atoms with Gasteiger partial charge in [-0.1, -0.05) is 67.3 Å². The lowest BCUT2D eigenvalue weighted by atomic mass is 10.1. The smallest absolute Gasteiger partial charge is 0.119 e. The molecule has 2 heteroatoms. The van der Waals surface area contributed by atoms with Crippen molar-refractivity contribution in [1.29, 1.82) is 0 Å². The number of ether oxygens (including phenoxy) is 1. The third kappa shape index (κ3) is 3.99. The number of rotatable bonds is 6. The molecule has 3 rings (SSSR count). The van der Waals surface area contributed by atoms with Crippen LogP contribution in [0, 0.1) is 0 Å². The van der Waals surface area contributed by atoms with Crippen LogP contribution < -0.4 is 9.64 Å². The van der Waals surface area contributed by atoms with E-state index in [2.05, 4.69) is 47.9 Å². The van der Waals surface area contributed by atoms with Crippen LogP contribution in [0.1, 0.15) is 11.1 Å². The van der Waals surface area contributed by atoms with Crippen molar-refractivity contribution in [2.75, 3.05) is 12.0 Å². The molecule has 0 amide bonds. The first-order valence-electron chi connectivity index (χ1n) is 8.20. The van der Waals surface area contributed by atoms with Gasteiger partial charge in [-0.2, -0.15) is 0 Å². The van der Waals surface area contributed by atoms with E-state index in [1.54, 1.807) is 7.11 Å². The molecule has 0 atom stereocenters. The summed E-state index contributed by atoms with van der Waals surface area (Å²) in [7, 11) is 1.67. The molecule has 3 aromatic carbocycles. The fraction of sp³-hybridized carbons (Fsp3) is 0.0435. The van der Waals surface area contributed by atoms with Crippen LogP contribution in [0.15, 0.2) is 91.6 Å². The van der Waals surface area contributed by atoms with Gasteiger partial charge in [-0.05, 0) is 41.5 Å². The van der Waals surface area contributed by atoms with Gasteiger partial charge in [-0.15, -0.1) is 0 Å². The number of methoxy groups -OCH3 is 1. The average molecular weight is 327 g/mol. The molecule has 0 aliphatic heterocycles. The summed E-state index contributed by atoms with van der Waals surface area (Å²) >= 11 is 0. The van der Waals surface area contributed by atoms with E-state index in [1.165, 1.54) is 5.56 Å². The number of hydrogen-bond donors (Lipinski definition) is 0. The minimum absolute atomic E-state index is 0.838. The Balaban J connectivity index is 1.95. The van der Waals surface area contributed by atoms with Gasteiger partial charge >= 0.3 is 0 Å². The number of hydrogen-bond acceptors (Lipinski definition) is 2. The van der Waals surface area contributed by atoms with Crippen molar-refractivity contribution < 1.29 is 4.74 Å². The summed E-state index contributed by atoms with van der Waals surface area (Å²) in [6.45, 7) is 3.99. The van der Waals surface area contributed by atoms with Crippen LogP contribution in [0.4, 0.5) is 11.4 Å². The predicted molar refractivity (Wildman–Crippen MR) is 107 cm³/mol. The standard InChI is InChI=1S/C23H21NO/c1-3-24(21-15-17-22(25-2)18-16-21)23-12-8-7-11-20(23)14-13-19-9-5-4-6-10-19/h3-18H,1H2,2H3. The molecular formula is C23H21NO. The monoisotopic (exact) mass is 327 g/mol. The second-order valence-corrected chi connectivity index (χ2v) is 5.55. The van der Waals surface area contributed by atoms with Crippen molar-refractivity contribution in [3.05, 3.63) is 103 Å². The zero-order valence-electron chi connectivity index (χ0n) is 14.3. The van der Waals surface area contributed by atoms with Gasteiger partial charge in [-0.25, -0.2) is 0 Å². The van der Waals surface area contributed by atoms with Gasteiger partial charge in [0.05, 0.1) is 12.8 Å². The largest absolute Gasteiger partial charge is 0.497 e. The number of nitrogens with zero attached hydrogens (tertiary/aromatic N) is 1. The topological polar surface area (TPSA) is 12.5 Å². The normalized spacial score (nSPS) is 10.6. The molecule has 0 bridgehead atoms. The maximum absolute atomic E-state index is 5.24. The Labute approximate surface area is 149 Å². The van der Waals surface area contributed by atoms with E-state index < -0.39 is 0 Å². The average Bonchev–Trinajstić information content (AvgIpc) is 2.69. The summed E-state index contributed by atoms with van der Waals surface area (Å²) < 4.78 is 5.24. The summed E-state index contributed by atoms with van der Waals surface area (Å²) in [5.74, 6) is 0.838. The molecule has 0 saturated carbocycles. The van der Waals surface area contributed by atoms with Gasteiger partial charge in [0.15, 0.2) is 0 Å².